The van der Waals surface area contributed by atoms with Crippen LogP contribution in [-0.4, -0.2) is 72.7 Å². The number of hydrogen-bond acceptors (Lipinski definition) is 5. The molecule has 1 aliphatic heterocycles. The van der Waals surface area contributed by atoms with Gasteiger partial charge in [-0.3, -0.25) is 9.69 Å². The van der Waals surface area contributed by atoms with E-state index in [0.29, 0.717) is 13.1 Å². The quantitative estimate of drug-likeness (QED) is 0.601. The minimum Gasteiger partial charge on any atom is -0.396 e. The zero-order valence-corrected chi connectivity index (χ0v) is 13.3. The maximum atomic E-state index is 11.7. The van der Waals surface area contributed by atoms with Crippen LogP contribution in [0, 0.1) is 0 Å². The van der Waals surface area contributed by atoms with Gasteiger partial charge in [0.15, 0.2) is 0 Å². The number of nitrogens with zero attached hydrogens (tertiary/aromatic N) is 2. The molecule has 0 aromatic heterocycles. The largest absolute Gasteiger partial charge is 0.396 e. The monoisotopic (exact) mass is 338 g/mol. The molecule has 118 valence electrons. The van der Waals surface area contributed by atoms with Crippen LogP contribution in [0.25, 0.3) is 0 Å². The first-order chi connectivity index (χ1) is 7.69. The second kappa shape index (κ2) is 13.2. The number of carbonyl (C=O) groups is 1. The summed E-state index contributed by atoms with van der Waals surface area (Å²) in [7, 11) is 0. The third-order valence-corrected chi connectivity index (χ3v) is 2.89. The molecule has 1 amide bonds. The third kappa shape index (κ3) is 8.14. The van der Waals surface area contributed by atoms with Crippen molar-refractivity contribution in [3.8, 4) is 0 Å². The van der Waals surface area contributed by atoms with Gasteiger partial charge in [0.25, 0.3) is 0 Å². The molecule has 0 aromatic rings. The molecule has 0 bridgehead atoms. The highest BCUT2D eigenvalue weighted by atomic mass is 35.5. The number of aliphatic hydroxyl groups is 1. The van der Waals surface area contributed by atoms with Gasteiger partial charge >= 0.3 is 0 Å². The van der Waals surface area contributed by atoms with Crippen LogP contribution >= 0.6 is 37.2 Å². The molecule has 5 N–H and O–H groups in total. The van der Waals surface area contributed by atoms with Gasteiger partial charge in [0.2, 0.25) is 5.91 Å². The van der Waals surface area contributed by atoms with E-state index in [1.807, 2.05) is 0 Å². The Bertz CT molecular complexity index is 229. The summed E-state index contributed by atoms with van der Waals surface area (Å²) in [4.78, 5) is 15.7. The Morgan fingerprint density at radius 2 is 1.68 bits per heavy atom. The standard InChI is InChI=1S/C10H22N4O2.3ClH/c11-8-9(12)10(16)14-5-3-13(4-6-14)2-1-7-15;;;/h9,15H,1-8,11-12H2;3*1H/t9-;;;/m1.../s1. The number of hydrogen-bond donors (Lipinski definition) is 3. The topological polar surface area (TPSA) is 95.8 Å². The molecular formula is C10H25Cl3N4O2. The molecule has 1 saturated heterocycles. The van der Waals surface area contributed by atoms with Crippen LogP contribution in [0.15, 0.2) is 0 Å². The Kier molecular flexibility index (Phi) is 16.8. The lowest BCUT2D eigenvalue weighted by Crippen LogP contribution is -2.54. The Morgan fingerprint density at radius 3 is 2.11 bits per heavy atom. The van der Waals surface area contributed by atoms with Crippen molar-refractivity contribution in [2.45, 2.75) is 12.5 Å². The van der Waals surface area contributed by atoms with Gasteiger partial charge in [-0.1, -0.05) is 0 Å². The van der Waals surface area contributed by atoms with E-state index >= 15 is 0 Å². The molecule has 0 unspecified atom stereocenters. The van der Waals surface area contributed by atoms with Crippen molar-refractivity contribution in [1.29, 1.82) is 0 Å². The summed E-state index contributed by atoms with van der Waals surface area (Å²) < 4.78 is 0. The van der Waals surface area contributed by atoms with Gasteiger partial charge in [-0.05, 0) is 6.42 Å². The van der Waals surface area contributed by atoms with Crippen molar-refractivity contribution in [1.82, 2.24) is 9.80 Å². The van der Waals surface area contributed by atoms with Crippen LogP contribution < -0.4 is 11.5 Å². The summed E-state index contributed by atoms with van der Waals surface area (Å²) in [5.41, 5.74) is 11.0. The van der Waals surface area contributed by atoms with Gasteiger partial charge in [-0.25, -0.2) is 0 Å². The molecule has 0 aliphatic carbocycles. The van der Waals surface area contributed by atoms with E-state index in [4.69, 9.17) is 16.6 Å². The maximum Gasteiger partial charge on any atom is 0.240 e. The summed E-state index contributed by atoms with van der Waals surface area (Å²) in [6.45, 7) is 4.42. The number of aliphatic hydroxyl groups excluding tert-OH is 1. The number of nitrogens with two attached hydrogens (primary N) is 2. The van der Waals surface area contributed by atoms with E-state index in [1.54, 1.807) is 4.90 Å². The molecule has 1 atom stereocenters. The van der Waals surface area contributed by atoms with Crippen molar-refractivity contribution in [3.63, 3.8) is 0 Å². The highest BCUT2D eigenvalue weighted by Gasteiger charge is 2.23. The van der Waals surface area contributed by atoms with Crippen LogP contribution in [-0.2, 0) is 4.79 Å². The first-order valence-corrected chi connectivity index (χ1v) is 5.76. The smallest absolute Gasteiger partial charge is 0.240 e. The van der Waals surface area contributed by atoms with Crippen LogP contribution in [0.1, 0.15) is 6.42 Å². The lowest BCUT2D eigenvalue weighted by Gasteiger charge is -2.35. The van der Waals surface area contributed by atoms with Gasteiger partial charge in [0.1, 0.15) is 0 Å². The third-order valence-electron chi connectivity index (χ3n) is 2.89. The highest BCUT2D eigenvalue weighted by molar-refractivity contribution is 5.86. The molecule has 6 nitrogen and oxygen atoms in total. The normalized spacial score (nSPS) is 16.7. The van der Waals surface area contributed by atoms with Crippen LogP contribution in [0.3, 0.4) is 0 Å². The van der Waals surface area contributed by atoms with Crippen molar-refractivity contribution >= 4 is 43.1 Å². The van der Waals surface area contributed by atoms with E-state index in [2.05, 4.69) is 4.90 Å². The van der Waals surface area contributed by atoms with Crippen molar-refractivity contribution in [2.75, 3.05) is 45.9 Å². The van der Waals surface area contributed by atoms with Gasteiger partial charge in [0.05, 0.1) is 6.04 Å². The fraction of sp³-hybridized carbons (Fsp3) is 0.900. The van der Waals surface area contributed by atoms with E-state index in [9.17, 15) is 4.79 Å². The molecule has 1 rings (SSSR count). The second-order valence-corrected chi connectivity index (χ2v) is 4.09. The number of amides is 1. The Balaban J connectivity index is -0.000000853. The van der Waals surface area contributed by atoms with E-state index in [0.717, 1.165) is 26.1 Å². The lowest BCUT2D eigenvalue weighted by molar-refractivity contribution is -0.134. The Labute approximate surface area is 133 Å². The SMILES string of the molecule is Cl.Cl.Cl.NC[C@@H](N)C(=O)N1CCN(CCCO)CC1. The van der Waals surface area contributed by atoms with E-state index < -0.39 is 6.04 Å². The molecule has 1 aliphatic rings. The van der Waals surface area contributed by atoms with Crippen molar-refractivity contribution in [3.05, 3.63) is 0 Å². The van der Waals surface area contributed by atoms with Crippen molar-refractivity contribution < 1.29 is 9.90 Å². The molecular weight excluding hydrogens is 314 g/mol. The number of rotatable bonds is 5. The average molecular weight is 340 g/mol. The molecule has 0 saturated carbocycles. The predicted octanol–water partition coefficient (Wildman–Crippen LogP) is -0.936. The lowest BCUT2D eigenvalue weighted by atomic mass is 10.2. The summed E-state index contributed by atoms with van der Waals surface area (Å²) >= 11 is 0. The molecule has 1 fully saturated rings. The maximum absolute atomic E-state index is 11.7. The number of carbonyl (C=O) groups excluding carboxylic acids is 1. The van der Waals surface area contributed by atoms with Crippen molar-refractivity contribution in [2.24, 2.45) is 11.5 Å². The first-order valence-electron chi connectivity index (χ1n) is 5.76. The first kappa shape index (κ1) is 24.2. The fourth-order valence-corrected chi connectivity index (χ4v) is 1.82. The molecule has 0 aromatic carbocycles. The van der Waals surface area contributed by atoms with E-state index in [1.165, 1.54) is 0 Å². The summed E-state index contributed by atoms with van der Waals surface area (Å²) in [6.07, 6.45) is 0.788. The minimum absolute atomic E-state index is 0. The number of halogens is 3. The highest BCUT2D eigenvalue weighted by Crippen LogP contribution is 2.03. The Hall–Kier alpha value is 0.180. The molecule has 19 heavy (non-hydrogen) atoms. The van der Waals surface area contributed by atoms with Gasteiger partial charge in [-0.2, -0.15) is 0 Å². The Morgan fingerprint density at radius 1 is 1.16 bits per heavy atom. The van der Waals surface area contributed by atoms with Crippen LogP contribution in [0.5, 0.6) is 0 Å². The molecule has 0 radical (unpaired) electrons. The fourth-order valence-electron chi connectivity index (χ4n) is 1.82. The number of piperazine rings is 1. The molecule has 1 heterocycles. The van der Waals surface area contributed by atoms with Crippen LogP contribution in [0.4, 0.5) is 0 Å². The van der Waals surface area contributed by atoms with Gasteiger partial charge in [-0.15, -0.1) is 37.2 Å². The summed E-state index contributed by atoms with van der Waals surface area (Å²) in [5.74, 6) is -0.0516. The zero-order chi connectivity index (χ0) is 12.0. The van der Waals surface area contributed by atoms with Crippen LogP contribution in [0.2, 0.25) is 0 Å². The molecule has 0 spiro atoms. The predicted molar refractivity (Wildman–Crippen MR) is 83.5 cm³/mol. The van der Waals surface area contributed by atoms with Gasteiger partial charge < -0.3 is 21.5 Å². The summed E-state index contributed by atoms with van der Waals surface area (Å²) in [5, 5.41) is 8.72. The molecule has 9 heteroatoms. The second-order valence-electron chi connectivity index (χ2n) is 4.09. The van der Waals surface area contributed by atoms with E-state index in [-0.39, 0.29) is 56.3 Å². The summed E-state index contributed by atoms with van der Waals surface area (Å²) in [6, 6.07) is -0.566. The zero-order valence-electron chi connectivity index (χ0n) is 10.9. The van der Waals surface area contributed by atoms with Gasteiger partial charge in [0, 0.05) is 45.9 Å². The average Bonchev–Trinajstić information content (AvgIpc) is 2.35. The minimum atomic E-state index is -0.566.